The number of aliphatic hydroxyl groups is 1. The van der Waals surface area contributed by atoms with E-state index >= 15 is 0 Å². The Balaban J connectivity index is 1.94. The van der Waals surface area contributed by atoms with Crippen LogP contribution in [0.15, 0.2) is 42.6 Å². The van der Waals surface area contributed by atoms with Gasteiger partial charge in [0.05, 0.1) is 6.42 Å². The molecule has 5 nitrogen and oxygen atoms in total. The SMILES string of the molecule is O=C(CC1(O)C(=O)Nc2ccc(CCCl)cc21)c1ccccn1. The number of carbonyl (C=O) groups is 2. The van der Waals surface area contributed by atoms with E-state index < -0.39 is 11.5 Å². The molecule has 1 aromatic heterocycles. The van der Waals surface area contributed by atoms with Gasteiger partial charge in [0.2, 0.25) is 0 Å². The summed E-state index contributed by atoms with van der Waals surface area (Å²) in [6.45, 7) is 0. The summed E-state index contributed by atoms with van der Waals surface area (Å²) < 4.78 is 0. The third kappa shape index (κ3) is 2.85. The zero-order chi connectivity index (χ0) is 16.4. The molecule has 0 saturated heterocycles. The maximum atomic E-state index is 12.3. The second kappa shape index (κ2) is 6.10. The highest BCUT2D eigenvalue weighted by Crippen LogP contribution is 2.39. The number of aryl methyl sites for hydroxylation is 1. The minimum Gasteiger partial charge on any atom is -0.375 e. The van der Waals surface area contributed by atoms with E-state index in [0.29, 0.717) is 23.6 Å². The van der Waals surface area contributed by atoms with Crippen molar-refractivity contribution in [2.24, 2.45) is 0 Å². The highest BCUT2D eigenvalue weighted by atomic mass is 35.5. The van der Waals surface area contributed by atoms with Crippen molar-refractivity contribution in [3.63, 3.8) is 0 Å². The summed E-state index contributed by atoms with van der Waals surface area (Å²) in [5.74, 6) is -0.551. The lowest BCUT2D eigenvalue weighted by Gasteiger charge is -2.20. The van der Waals surface area contributed by atoms with Crippen LogP contribution in [-0.4, -0.2) is 27.7 Å². The second-order valence-electron chi connectivity index (χ2n) is 5.45. The lowest BCUT2D eigenvalue weighted by atomic mass is 9.88. The van der Waals surface area contributed by atoms with Gasteiger partial charge in [-0.25, -0.2) is 0 Å². The van der Waals surface area contributed by atoms with Gasteiger partial charge in [-0.2, -0.15) is 0 Å². The molecule has 0 radical (unpaired) electrons. The molecular weight excluding hydrogens is 316 g/mol. The average Bonchev–Trinajstić information content (AvgIpc) is 2.80. The van der Waals surface area contributed by atoms with Crippen molar-refractivity contribution in [1.29, 1.82) is 0 Å². The monoisotopic (exact) mass is 330 g/mol. The number of benzene rings is 1. The molecule has 0 fully saturated rings. The van der Waals surface area contributed by atoms with Gasteiger partial charge in [-0.3, -0.25) is 14.6 Å². The molecule has 2 aromatic rings. The van der Waals surface area contributed by atoms with Crippen LogP contribution in [0.5, 0.6) is 0 Å². The van der Waals surface area contributed by atoms with E-state index in [9.17, 15) is 14.7 Å². The number of halogens is 1. The van der Waals surface area contributed by atoms with E-state index in [-0.39, 0.29) is 17.9 Å². The fourth-order valence-electron chi connectivity index (χ4n) is 2.68. The Bertz CT molecular complexity index is 764. The lowest BCUT2D eigenvalue weighted by Crippen LogP contribution is -2.36. The molecule has 1 unspecified atom stereocenters. The number of nitrogens with one attached hydrogen (secondary N) is 1. The first-order valence-electron chi connectivity index (χ1n) is 7.22. The van der Waals surface area contributed by atoms with Crippen molar-refractivity contribution in [2.45, 2.75) is 18.4 Å². The van der Waals surface area contributed by atoms with Crippen molar-refractivity contribution in [3.05, 3.63) is 59.4 Å². The molecule has 1 aromatic carbocycles. The predicted octanol–water partition coefficient (Wildman–Crippen LogP) is 2.28. The average molecular weight is 331 g/mol. The Morgan fingerprint density at radius 2 is 2.13 bits per heavy atom. The van der Waals surface area contributed by atoms with E-state index in [1.54, 1.807) is 30.3 Å². The smallest absolute Gasteiger partial charge is 0.261 e. The summed E-state index contributed by atoms with van der Waals surface area (Å²) in [6.07, 6.45) is 1.76. The van der Waals surface area contributed by atoms with Crippen molar-refractivity contribution in [3.8, 4) is 0 Å². The highest BCUT2D eigenvalue weighted by molar-refractivity contribution is 6.18. The number of nitrogens with zero attached hydrogens (tertiary/aromatic N) is 1. The van der Waals surface area contributed by atoms with E-state index in [1.807, 2.05) is 6.07 Å². The first-order chi connectivity index (χ1) is 11.0. The van der Waals surface area contributed by atoms with E-state index in [0.717, 1.165) is 5.56 Å². The summed E-state index contributed by atoms with van der Waals surface area (Å²) in [7, 11) is 0. The van der Waals surface area contributed by atoms with Crippen LogP contribution in [0, 0.1) is 0 Å². The number of ketones is 1. The van der Waals surface area contributed by atoms with Gasteiger partial charge < -0.3 is 10.4 Å². The molecule has 1 aliphatic heterocycles. The number of pyridine rings is 1. The van der Waals surface area contributed by atoms with Gasteiger partial charge in [0.25, 0.3) is 5.91 Å². The summed E-state index contributed by atoms with van der Waals surface area (Å²) >= 11 is 5.74. The molecule has 118 valence electrons. The molecular formula is C17H15ClN2O3. The summed E-state index contributed by atoms with van der Waals surface area (Å²) in [5, 5.41) is 13.5. The van der Waals surface area contributed by atoms with Crippen LogP contribution in [0.4, 0.5) is 5.69 Å². The second-order valence-corrected chi connectivity index (χ2v) is 5.83. The molecule has 23 heavy (non-hydrogen) atoms. The Labute approximate surface area is 138 Å². The molecule has 1 aliphatic rings. The van der Waals surface area contributed by atoms with Crippen LogP contribution in [0.25, 0.3) is 0 Å². The zero-order valence-electron chi connectivity index (χ0n) is 12.3. The van der Waals surface area contributed by atoms with E-state index in [4.69, 9.17) is 11.6 Å². The fourth-order valence-corrected chi connectivity index (χ4v) is 2.90. The first kappa shape index (κ1) is 15.6. The molecule has 1 atom stereocenters. The Morgan fingerprint density at radius 3 is 2.83 bits per heavy atom. The molecule has 2 heterocycles. The van der Waals surface area contributed by atoms with Crippen LogP contribution >= 0.6 is 11.6 Å². The van der Waals surface area contributed by atoms with Gasteiger partial charge in [0.15, 0.2) is 11.4 Å². The number of aromatic nitrogens is 1. The third-order valence-electron chi connectivity index (χ3n) is 3.90. The van der Waals surface area contributed by atoms with E-state index in [1.165, 1.54) is 6.20 Å². The fraction of sp³-hybridized carbons (Fsp3) is 0.235. The van der Waals surface area contributed by atoms with Crippen LogP contribution < -0.4 is 5.32 Å². The summed E-state index contributed by atoms with van der Waals surface area (Å²) in [4.78, 5) is 28.5. The topological polar surface area (TPSA) is 79.3 Å². The number of hydrogen-bond acceptors (Lipinski definition) is 4. The van der Waals surface area contributed by atoms with Gasteiger partial charge in [-0.1, -0.05) is 18.2 Å². The van der Waals surface area contributed by atoms with Crippen molar-refractivity contribution in [2.75, 3.05) is 11.2 Å². The molecule has 0 bridgehead atoms. The van der Waals surface area contributed by atoms with Crippen LogP contribution in [0.2, 0.25) is 0 Å². The quantitative estimate of drug-likeness (QED) is 0.651. The third-order valence-corrected chi connectivity index (χ3v) is 4.09. The number of carbonyl (C=O) groups excluding carboxylic acids is 2. The standard InChI is InChI=1S/C17H15ClN2O3/c18-7-6-11-4-5-13-12(9-11)17(23,16(22)20-13)10-15(21)14-3-1-2-8-19-14/h1-5,8-9,23H,6-7,10H2,(H,20,22). The number of fused-ring (bicyclic) bond motifs is 1. The Kier molecular flexibility index (Phi) is 4.15. The Morgan fingerprint density at radius 1 is 1.30 bits per heavy atom. The maximum Gasteiger partial charge on any atom is 0.261 e. The number of amides is 1. The highest BCUT2D eigenvalue weighted by Gasteiger charge is 2.47. The molecule has 2 N–H and O–H groups in total. The maximum absolute atomic E-state index is 12.3. The number of anilines is 1. The van der Waals surface area contributed by atoms with Crippen molar-refractivity contribution in [1.82, 2.24) is 4.98 Å². The van der Waals surface area contributed by atoms with Crippen LogP contribution in [0.3, 0.4) is 0 Å². The number of rotatable bonds is 5. The van der Waals surface area contributed by atoms with Crippen molar-refractivity contribution < 1.29 is 14.7 Å². The minimum absolute atomic E-state index is 0.221. The largest absolute Gasteiger partial charge is 0.375 e. The Hall–Kier alpha value is -2.24. The van der Waals surface area contributed by atoms with Gasteiger partial charge in [0.1, 0.15) is 5.69 Å². The number of hydrogen-bond donors (Lipinski definition) is 2. The molecule has 0 aliphatic carbocycles. The molecule has 0 spiro atoms. The van der Waals surface area contributed by atoms with E-state index in [2.05, 4.69) is 10.3 Å². The van der Waals surface area contributed by atoms with Gasteiger partial charge in [-0.05, 0) is 30.2 Å². The minimum atomic E-state index is -1.88. The number of alkyl halides is 1. The summed E-state index contributed by atoms with van der Waals surface area (Å²) in [5.41, 5.74) is 0.170. The molecule has 1 amide bonds. The first-order valence-corrected chi connectivity index (χ1v) is 7.75. The predicted molar refractivity (Wildman–Crippen MR) is 86.6 cm³/mol. The molecule has 3 rings (SSSR count). The lowest BCUT2D eigenvalue weighted by molar-refractivity contribution is -0.133. The molecule has 0 saturated carbocycles. The summed E-state index contributed by atoms with van der Waals surface area (Å²) in [6, 6.07) is 10.2. The van der Waals surface area contributed by atoms with Crippen molar-refractivity contribution >= 4 is 29.0 Å². The molecule has 6 heteroatoms. The number of Topliss-reactive ketones (excluding diaryl/α,β-unsaturated/α-hetero) is 1. The van der Waals surface area contributed by atoms with Crippen LogP contribution in [0.1, 0.15) is 28.0 Å². The van der Waals surface area contributed by atoms with Gasteiger partial charge in [0, 0.05) is 23.3 Å². The normalized spacial score (nSPS) is 19.3. The van der Waals surface area contributed by atoms with Gasteiger partial charge >= 0.3 is 0 Å². The van der Waals surface area contributed by atoms with Gasteiger partial charge in [-0.15, -0.1) is 11.6 Å². The zero-order valence-corrected chi connectivity index (χ0v) is 13.0. The van der Waals surface area contributed by atoms with Crippen LogP contribution in [-0.2, 0) is 16.8 Å².